The molecule has 2 aliphatic rings. The summed E-state index contributed by atoms with van der Waals surface area (Å²) in [7, 11) is 0. The van der Waals surface area contributed by atoms with Crippen LogP contribution in [0.1, 0.15) is 26.2 Å². The van der Waals surface area contributed by atoms with Gasteiger partial charge in [0.25, 0.3) is 0 Å². The van der Waals surface area contributed by atoms with Gasteiger partial charge in [-0.05, 0) is 38.2 Å². The van der Waals surface area contributed by atoms with E-state index in [1.54, 1.807) is 0 Å². The summed E-state index contributed by atoms with van der Waals surface area (Å²) in [5.74, 6) is 1.79. The van der Waals surface area contributed by atoms with Crippen molar-refractivity contribution >= 4 is 11.4 Å². The fraction of sp³-hybridized carbons (Fsp3) is 0.571. The SMILES string of the molecule is CCOc1cc(N)cc(N2CC3CCC2C3)c1. The van der Waals surface area contributed by atoms with Gasteiger partial charge in [0.05, 0.1) is 6.61 Å². The highest BCUT2D eigenvalue weighted by Crippen LogP contribution is 2.41. The maximum atomic E-state index is 5.95. The first kappa shape index (κ1) is 10.8. The second kappa shape index (κ2) is 4.13. The van der Waals surface area contributed by atoms with Crippen LogP contribution < -0.4 is 15.4 Å². The molecule has 1 saturated carbocycles. The largest absolute Gasteiger partial charge is 0.494 e. The molecule has 2 N–H and O–H groups in total. The van der Waals surface area contributed by atoms with Crippen LogP contribution in [-0.2, 0) is 0 Å². The highest BCUT2D eigenvalue weighted by molar-refractivity contribution is 5.61. The Bertz CT molecular complexity index is 419. The minimum atomic E-state index is 0.689. The lowest BCUT2D eigenvalue weighted by Crippen LogP contribution is -2.31. The summed E-state index contributed by atoms with van der Waals surface area (Å²) in [6.45, 7) is 3.88. The van der Waals surface area contributed by atoms with Crippen LogP contribution in [0.3, 0.4) is 0 Å². The average molecular weight is 232 g/mol. The number of hydrogen-bond acceptors (Lipinski definition) is 3. The normalized spacial score (nSPS) is 26.5. The van der Waals surface area contributed by atoms with Gasteiger partial charge < -0.3 is 15.4 Å². The Morgan fingerprint density at radius 1 is 1.35 bits per heavy atom. The van der Waals surface area contributed by atoms with Crippen LogP contribution >= 0.6 is 0 Å². The Balaban J connectivity index is 1.87. The van der Waals surface area contributed by atoms with Gasteiger partial charge >= 0.3 is 0 Å². The first-order valence-electron chi connectivity index (χ1n) is 6.56. The summed E-state index contributed by atoms with van der Waals surface area (Å²) in [4.78, 5) is 2.51. The zero-order valence-corrected chi connectivity index (χ0v) is 10.4. The summed E-state index contributed by atoms with van der Waals surface area (Å²) in [5, 5.41) is 0. The van der Waals surface area contributed by atoms with Crippen LogP contribution in [0.2, 0.25) is 0 Å². The van der Waals surface area contributed by atoms with E-state index in [0.717, 1.165) is 23.4 Å². The first-order valence-corrected chi connectivity index (χ1v) is 6.56. The minimum Gasteiger partial charge on any atom is -0.494 e. The lowest BCUT2D eigenvalue weighted by Gasteiger charge is -2.29. The van der Waals surface area contributed by atoms with Crippen molar-refractivity contribution in [3.8, 4) is 5.75 Å². The molecule has 1 aromatic rings. The summed E-state index contributed by atoms with van der Waals surface area (Å²) in [6, 6.07) is 6.83. The van der Waals surface area contributed by atoms with Gasteiger partial charge in [0.15, 0.2) is 0 Å². The Labute approximate surface area is 103 Å². The van der Waals surface area contributed by atoms with Gasteiger partial charge in [-0.2, -0.15) is 0 Å². The van der Waals surface area contributed by atoms with Gasteiger partial charge in [-0.25, -0.2) is 0 Å². The van der Waals surface area contributed by atoms with E-state index < -0.39 is 0 Å². The molecule has 2 bridgehead atoms. The molecule has 2 unspecified atom stereocenters. The van der Waals surface area contributed by atoms with Crippen molar-refractivity contribution in [3.63, 3.8) is 0 Å². The van der Waals surface area contributed by atoms with Crippen LogP contribution in [0, 0.1) is 5.92 Å². The molecule has 92 valence electrons. The maximum Gasteiger partial charge on any atom is 0.123 e. The number of rotatable bonds is 3. The molecule has 1 aliphatic heterocycles. The van der Waals surface area contributed by atoms with Crippen molar-refractivity contribution in [3.05, 3.63) is 18.2 Å². The van der Waals surface area contributed by atoms with Crippen molar-refractivity contribution in [2.24, 2.45) is 5.92 Å². The van der Waals surface area contributed by atoms with Gasteiger partial charge in [0.2, 0.25) is 0 Å². The summed E-state index contributed by atoms with van der Waals surface area (Å²) >= 11 is 0. The lowest BCUT2D eigenvalue weighted by atomic mass is 10.1. The van der Waals surface area contributed by atoms with Gasteiger partial charge in [-0.3, -0.25) is 0 Å². The fourth-order valence-electron chi connectivity index (χ4n) is 3.26. The predicted molar refractivity (Wildman–Crippen MR) is 70.5 cm³/mol. The molecule has 3 heteroatoms. The van der Waals surface area contributed by atoms with Gasteiger partial charge in [0.1, 0.15) is 5.75 Å². The van der Waals surface area contributed by atoms with E-state index in [1.165, 1.54) is 31.5 Å². The van der Waals surface area contributed by atoms with E-state index in [0.29, 0.717) is 6.61 Å². The number of piperidine rings is 1. The van der Waals surface area contributed by atoms with E-state index in [-0.39, 0.29) is 0 Å². The molecule has 17 heavy (non-hydrogen) atoms. The van der Waals surface area contributed by atoms with Crippen LogP contribution in [-0.4, -0.2) is 19.2 Å². The van der Waals surface area contributed by atoms with Crippen molar-refractivity contribution in [1.29, 1.82) is 0 Å². The predicted octanol–water partition coefficient (Wildman–Crippen LogP) is 2.66. The molecule has 0 radical (unpaired) electrons. The second-order valence-electron chi connectivity index (χ2n) is 5.18. The third-order valence-corrected chi connectivity index (χ3v) is 3.97. The molecule has 1 aromatic carbocycles. The van der Waals surface area contributed by atoms with Crippen molar-refractivity contribution in [2.45, 2.75) is 32.2 Å². The first-order chi connectivity index (χ1) is 8.26. The van der Waals surface area contributed by atoms with E-state index >= 15 is 0 Å². The number of ether oxygens (including phenoxy) is 1. The Hall–Kier alpha value is -1.38. The molecule has 3 rings (SSSR count). The zero-order valence-electron chi connectivity index (χ0n) is 10.4. The molecule has 2 atom stereocenters. The second-order valence-corrected chi connectivity index (χ2v) is 5.18. The van der Waals surface area contributed by atoms with E-state index in [2.05, 4.69) is 17.0 Å². The Morgan fingerprint density at radius 3 is 2.88 bits per heavy atom. The van der Waals surface area contributed by atoms with E-state index in [1.807, 2.05) is 13.0 Å². The Kier molecular flexibility index (Phi) is 2.61. The summed E-state index contributed by atoms with van der Waals surface area (Å²) in [5.41, 5.74) is 7.99. The molecule has 1 aliphatic carbocycles. The molecule has 1 heterocycles. The lowest BCUT2D eigenvalue weighted by molar-refractivity contribution is 0.340. The average Bonchev–Trinajstić information content (AvgIpc) is 2.90. The molecule has 0 spiro atoms. The van der Waals surface area contributed by atoms with E-state index in [4.69, 9.17) is 10.5 Å². The van der Waals surface area contributed by atoms with Crippen molar-refractivity contribution < 1.29 is 4.74 Å². The molecule has 2 fully saturated rings. The smallest absolute Gasteiger partial charge is 0.123 e. The highest BCUT2D eigenvalue weighted by Gasteiger charge is 2.37. The van der Waals surface area contributed by atoms with Gasteiger partial charge in [-0.1, -0.05) is 0 Å². The van der Waals surface area contributed by atoms with Gasteiger partial charge in [-0.15, -0.1) is 0 Å². The summed E-state index contributed by atoms with van der Waals surface area (Å²) < 4.78 is 5.56. The fourth-order valence-corrected chi connectivity index (χ4v) is 3.26. The molecule has 1 saturated heterocycles. The number of nitrogen functional groups attached to an aromatic ring is 1. The standard InChI is InChI=1S/C14H20N2O/c1-2-17-14-7-11(15)6-13(8-14)16-9-10-3-4-12(16)5-10/h6-8,10,12H,2-5,9,15H2,1H3. The number of nitrogens with zero attached hydrogens (tertiary/aromatic N) is 1. The van der Waals surface area contributed by atoms with Crippen LogP contribution in [0.4, 0.5) is 11.4 Å². The molecular formula is C14H20N2O. The zero-order chi connectivity index (χ0) is 11.8. The molecular weight excluding hydrogens is 212 g/mol. The number of fused-ring (bicyclic) bond motifs is 2. The van der Waals surface area contributed by atoms with Crippen molar-refractivity contribution in [1.82, 2.24) is 0 Å². The molecule has 3 nitrogen and oxygen atoms in total. The van der Waals surface area contributed by atoms with E-state index in [9.17, 15) is 0 Å². The minimum absolute atomic E-state index is 0.689. The topological polar surface area (TPSA) is 38.5 Å². The Morgan fingerprint density at radius 2 is 2.24 bits per heavy atom. The van der Waals surface area contributed by atoms with Crippen molar-refractivity contribution in [2.75, 3.05) is 23.8 Å². The van der Waals surface area contributed by atoms with Gasteiger partial charge in [0, 0.05) is 36.1 Å². The monoisotopic (exact) mass is 232 g/mol. The molecule has 0 amide bonds. The summed E-state index contributed by atoms with van der Waals surface area (Å²) in [6.07, 6.45) is 4.10. The third-order valence-electron chi connectivity index (χ3n) is 3.97. The quantitative estimate of drug-likeness (QED) is 0.814. The van der Waals surface area contributed by atoms with Crippen LogP contribution in [0.15, 0.2) is 18.2 Å². The highest BCUT2D eigenvalue weighted by atomic mass is 16.5. The molecule has 0 aromatic heterocycles. The number of hydrogen-bond donors (Lipinski definition) is 1. The number of anilines is 2. The number of nitrogens with two attached hydrogens (primary N) is 1. The third kappa shape index (κ3) is 1.94. The maximum absolute atomic E-state index is 5.95. The van der Waals surface area contributed by atoms with Crippen LogP contribution in [0.25, 0.3) is 0 Å². The number of benzene rings is 1. The van der Waals surface area contributed by atoms with Crippen LogP contribution in [0.5, 0.6) is 5.75 Å².